The van der Waals surface area contributed by atoms with Crippen LogP contribution in [0.15, 0.2) is 23.6 Å². The summed E-state index contributed by atoms with van der Waals surface area (Å²) < 4.78 is 0. The maximum atomic E-state index is 3.60. The van der Waals surface area contributed by atoms with Crippen LogP contribution >= 0.6 is 22.7 Å². The molecule has 2 rings (SSSR count). The zero-order valence-corrected chi connectivity index (χ0v) is 12.3. The summed E-state index contributed by atoms with van der Waals surface area (Å²) in [5.74, 6) is 0. The SMILES string of the molecule is CCc1ccc(C(C)NCc2sccc2C)s1. The highest BCUT2D eigenvalue weighted by Crippen LogP contribution is 2.24. The summed E-state index contributed by atoms with van der Waals surface area (Å²) >= 11 is 3.76. The topological polar surface area (TPSA) is 12.0 Å². The van der Waals surface area contributed by atoms with Crippen LogP contribution in [0.4, 0.5) is 0 Å². The molecule has 3 heteroatoms. The minimum absolute atomic E-state index is 0.446. The van der Waals surface area contributed by atoms with Crippen molar-refractivity contribution in [3.05, 3.63) is 43.8 Å². The Kier molecular flexibility index (Phi) is 4.37. The Morgan fingerprint density at radius 2 is 2.12 bits per heavy atom. The third kappa shape index (κ3) is 3.18. The molecule has 0 spiro atoms. The van der Waals surface area contributed by atoms with Gasteiger partial charge >= 0.3 is 0 Å². The Balaban J connectivity index is 1.93. The van der Waals surface area contributed by atoms with Crippen LogP contribution in [0.25, 0.3) is 0 Å². The molecule has 0 saturated heterocycles. The molecule has 2 aromatic heterocycles. The van der Waals surface area contributed by atoms with Crippen LogP contribution < -0.4 is 5.32 Å². The highest BCUT2D eigenvalue weighted by Gasteiger charge is 2.08. The molecule has 1 N–H and O–H groups in total. The lowest BCUT2D eigenvalue weighted by atomic mass is 10.2. The standard InChI is InChI=1S/C14H19NS2/c1-4-12-5-6-13(17-12)11(3)15-9-14-10(2)7-8-16-14/h5-8,11,15H,4,9H2,1-3H3. The lowest BCUT2D eigenvalue weighted by Gasteiger charge is -2.11. The first-order valence-corrected chi connectivity index (χ1v) is 7.75. The average Bonchev–Trinajstić information content (AvgIpc) is 2.94. The van der Waals surface area contributed by atoms with Gasteiger partial charge in [0.1, 0.15) is 0 Å². The number of thiophene rings is 2. The highest BCUT2D eigenvalue weighted by molar-refractivity contribution is 7.12. The summed E-state index contributed by atoms with van der Waals surface area (Å²) in [7, 11) is 0. The van der Waals surface area contributed by atoms with Crippen LogP contribution in [0.2, 0.25) is 0 Å². The van der Waals surface area contributed by atoms with Crippen molar-refractivity contribution in [3.8, 4) is 0 Å². The van der Waals surface area contributed by atoms with Crippen molar-refractivity contribution in [1.82, 2.24) is 5.32 Å². The van der Waals surface area contributed by atoms with Crippen molar-refractivity contribution in [2.75, 3.05) is 0 Å². The predicted molar refractivity (Wildman–Crippen MR) is 78.0 cm³/mol. The molecular weight excluding hydrogens is 246 g/mol. The number of aryl methyl sites for hydroxylation is 2. The van der Waals surface area contributed by atoms with Crippen molar-refractivity contribution < 1.29 is 0 Å². The molecule has 92 valence electrons. The molecule has 0 amide bonds. The smallest absolute Gasteiger partial charge is 0.0389 e. The zero-order valence-electron chi connectivity index (χ0n) is 10.6. The molecule has 0 saturated carbocycles. The van der Waals surface area contributed by atoms with E-state index in [9.17, 15) is 0 Å². The fourth-order valence-corrected chi connectivity index (χ4v) is 3.59. The second-order valence-electron chi connectivity index (χ2n) is 4.29. The van der Waals surface area contributed by atoms with Gasteiger partial charge in [0.25, 0.3) is 0 Å². The van der Waals surface area contributed by atoms with Crippen LogP contribution in [0, 0.1) is 6.92 Å². The minimum Gasteiger partial charge on any atom is -0.305 e. The van der Waals surface area contributed by atoms with Gasteiger partial charge < -0.3 is 5.32 Å². The number of hydrogen-bond donors (Lipinski definition) is 1. The van der Waals surface area contributed by atoms with E-state index in [-0.39, 0.29) is 0 Å². The predicted octanol–water partition coefficient (Wildman–Crippen LogP) is 4.53. The van der Waals surface area contributed by atoms with Gasteiger partial charge in [-0.15, -0.1) is 22.7 Å². The molecule has 17 heavy (non-hydrogen) atoms. The van der Waals surface area contributed by atoms with Crippen LogP contribution in [-0.4, -0.2) is 0 Å². The molecule has 2 aromatic rings. The molecule has 1 nitrogen and oxygen atoms in total. The lowest BCUT2D eigenvalue weighted by molar-refractivity contribution is 0.586. The van der Waals surface area contributed by atoms with Gasteiger partial charge in [0.2, 0.25) is 0 Å². The summed E-state index contributed by atoms with van der Waals surface area (Å²) in [6.45, 7) is 7.61. The van der Waals surface area contributed by atoms with Crippen molar-refractivity contribution in [2.45, 2.75) is 39.8 Å². The normalized spacial score (nSPS) is 12.9. The lowest BCUT2D eigenvalue weighted by Crippen LogP contribution is -2.16. The summed E-state index contributed by atoms with van der Waals surface area (Å²) in [5.41, 5.74) is 1.40. The third-order valence-corrected chi connectivity index (χ3v) is 5.43. The summed E-state index contributed by atoms with van der Waals surface area (Å²) in [5, 5.41) is 5.76. The molecule has 0 aliphatic rings. The Hall–Kier alpha value is -0.640. The third-order valence-electron chi connectivity index (χ3n) is 2.99. The van der Waals surface area contributed by atoms with Gasteiger partial charge in [-0.2, -0.15) is 0 Å². The second-order valence-corrected chi connectivity index (χ2v) is 6.49. The van der Waals surface area contributed by atoms with Gasteiger partial charge in [0.05, 0.1) is 0 Å². The molecule has 0 aromatic carbocycles. The summed E-state index contributed by atoms with van der Waals surface area (Å²) in [6, 6.07) is 7.13. The Labute approximate surface area is 112 Å². The first kappa shape index (κ1) is 12.8. The van der Waals surface area contributed by atoms with Gasteiger partial charge in [-0.1, -0.05) is 6.92 Å². The molecule has 2 heterocycles. The van der Waals surface area contributed by atoms with Crippen LogP contribution in [-0.2, 0) is 13.0 Å². The van der Waals surface area contributed by atoms with E-state index >= 15 is 0 Å². The van der Waals surface area contributed by atoms with E-state index in [1.807, 2.05) is 22.7 Å². The van der Waals surface area contributed by atoms with E-state index in [1.54, 1.807) is 0 Å². The maximum absolute atomic E-state index is 3.60. The van der Waals surface area contributed by atoms with E-state index < -0.39 is 0 Å². The molecule has 0 fully saturated rings. The van der Waals surface area contributed by atoms with Crippen LogP contribution in [0.3, 0.4) is 0 Å². The van der Waals surface area contributed by atoms with E-state index in [2.05, 4.69) is 49.7 Å². The monoisotopic (exact) mass is 265 g/mol. The molecular formula is C14H19NS2. The van der Waals surface area contributed by atoms with E-state index in [0.29, 0.717) is 6.04 Å². The van der Waals surface area contributed by atoms with Crippen molar-refractivity contribution >= 4 is 22.7 Å². The van der Waals surface area contributed by atoms with Gasteiger partial charge in [-0.25, -0.2) is 0 Å². The average molecular weight is 265 g/mol. The van der Waals surface area contributed by atoms with Crippen molar-refractivity contribution in [2.24, 2.45) is 0 Å². The van der Waals surface area contributed by atoms with Crippen LogP contribution in [0.5, 0.6) is 0 Å². The largest absolute Gasteiger partial charge is 0.305 e. The quantitative estimate of drug-likeness (QED) is 0.837. The fourth-order valence-electron chi connectivity index (χ4n) is 1.75. The molecule has 0 aliphatic carbocycles. The molecule has 1 unspecified atom stereocenters. The molecule has 0 bridgehead atoms. The fraction of sp³-hybridized carbons (Fsp3) is 0.429. The van der Waals surface area contributed by atoms with Gasteiger partial charge in [0.15, 0.2) is 0 Å². The summed E-state index contributed by atoms with van der Waals surface area (Å²) in [6.07, 6.45) is 1.14. The Morgan fingerprint density at radius 3 is 2.71 bits per heavy atom. The maximum Gasteiger partial charge on any atom is 0.0389 e. The number of rotatable bonds is 5. The summed E-state index contributed by atoms with van der Waals surface area (Å²) in [4.78, 5) is 4.36. The Morgan fingerprint density at radius 1 is 1.29 bits per heavy atom. The van der Waals surface area contributed by atoms with Crippen molar-refractivity contribution in [3.63, 3.8) is 0 Å². The number of nitrogens with one attached hydrogen (secondary N) is 1. The zero-order chi connectivity index (χ0) is 12.3. The first-order valence-electron chi connectivity index (χ1n) is 6.05. The Bertz CT molecular complexity index is 470. The van der Waals surface area contributed by atoms with E-state index in [4.69, 9.17) is 0 Å². The molecule has 0 aliphatic heterocycles. The highest BCUT2D eigenvalue weighted by atomic mass is 32.1. The minimum atomic E-state index is 0.446. The van der Waals surface area contributed by atoms with Gasteiger partial charge in [-0.3, -0.25) is 0 Å². The van der Waals surface area contributed by atoms with E-state index in [1.165, 1.54) is 20.2 Å². The van der Waals surface area contributed by atoms with E-state index in [0.717, 1.165) is 13.0 Å². The first-order chi connectivity index (χ1) is 8.20. The van der Waals surface area contributed by atoms with Crippen molar-refractivity contribution in [1.29, 1.82) is 0 Å². The van der Waals surface area contributed by atoms with Gasteiger partial charge in [-0.05, 0) is 49.4 Å². The molecule has 1 atom stereocenters. The van der Waals surface area contributed by atoms with Gasteiger partial charge in [0, 0.05) is 27.2 Å². The molecule has 0 radical (unpaired) electrons. The van der Waals surface area contributed by atoms with Crippen LogP contribution in [0.1, 0.15) is 40.1 Å². The number of hydrogen-bond acceptors (Lipinski definition) is 3. The second kappa shape index (κ2) is 5.80.